The van der Waals surface area contributed by atoms with Gasteiger partial charge in [0.2, 0.25) is 0 Å². The SMILES string of the molecule is CO[C@@H]1C2OC(C)(C)OC2O[C@@H]1C=O. The zero-order valence-corrected chi connectivity index (χ0v) is 8.43. The van der Waals surface area contributed by atoms with Gasteiger partial charge in [0, 0.05) is 7.11 Å². The fourth-order valence-electron chi connectivity index (χ4n) is 1.88. The lowest BCUT2D eigenvalue weighted by Crippen LogP contribution is -2.36. The number of carbonyl (C=O) groups excluding carboxylic acids is 1. The van der Waals surface area contributed by atoms with Crippen molar-refractivity contribution in [2.24, 2.45) is 0 Å². The van der Waals surface area contributed by atoms with Crippen molar-refractivity contribution in [1.29, 1.82) is 0 Å². The first-order chi connectivity index (χ1) is 6.57. The van der Waals surface area contributed by atoms with Crippen molar-refractivity contribution >= 4 is 6.29 Å². The van der Waals surface area contributed by atoms with Crippen LogP contribution in [0.15, 0.2) is 0 Å². The maximum atomic E-state index is 10.7. The van der Waals surface area contributed by atoms with Crippen LogP contribution in [-0.2, 0) is 23.7 Å². The summed E-state index contributed by atoms with van der Waals surface area (Å²) in [5, 5.41) is 0. The molecule has 0 aromatic carbocycles. The highest BCUT2D eigenvalue weighted by atomic mass is 16.8. The molecular weight excluding hydrogens is 188 g/mol. The quantitative estimate of drug-likeness (QED) is 0.593. The molecule has 2 heterocycles. The van der Waals surface area contributed by atoms with Gasteiger partial charge in [-0.3, -0.25) is 0 Å². The number of carbonyl (C=O) groups is 1. The van der Waals surface area contributed by atoms with E-state index in [0.717, 1.165) is 0 Å². The Balaban J connectivity index is 2.13. The zero-order chi connectivity index (χ0) is 10.3. The first kappa shape index (κ1) is 10.0. The molecule has 0 saturated carbocycles. The molecule has 4 atom stereocenters. The Morgan fingerprint density at radius 1 is 1.36 bits per heavy atom. The van der Waals surface area contributed by atoms with Gasteiger partial charge >= 0.3 is 0 Å². The molecule has 2 aliphatic rings. The number of rotatable bonds is 2. The molecule has 2 aliphatic heterocycles. The predicted octanol–water partition coefficient (Wildman–Crippen LogP) is 0.0767. The van der Waals surface area contributed by atoms with Gasteiger partial charge in [-0.15, -0.1) is 0 Å². The maximum absolute atomic E-state index is 10.7. The summed E-state index contributed by atoms with van der Waals surface area (Å²) >= 11 is 0. The van der Waals surface area contributed by atoms with Crippen LogP contribution in [0.4, 0.5) is 0 Å². The van der Waals surface area contributed by atoms with Gasteiger partial charge in [0.05, 0.1) is 0 Å². The summed E-state index contributed by atoms with van der Waals surface area (Å²) in [6.45, 7) is 3.61. The van der Waals surface area contributed by atoms with E-state index in [1.54, 1.807) is 13.8 Å². The summed E-state index contributed by atoms with van der Waals surface area (Å²) in [6, 6.07) is 0. The zero-order valence-electron chi connectivity index (χ0n) is 8.43. The third-order valence-corrected chi connectivity index (χ3v) is 2.43. The average molecular weight is 202 g/mol. The van der Waals surface area contributed by atoms with Gasteiger partial charge < -0.3 is 23.7 Å². The van der Waals surface area contributed by atoms with E-state index in [9.17, 15) is 4.79 Å². The van der Waals surface area contributed by atoms with Crippen molar-refractivity contribution in [2.45, 2.75) is 44.2 Å². The minimum absolute atomic E-state index is 0.315. The van der Waals surface area contributed by atoms with Crippen molar-refractivity contribution in [3.8, 4) is 0 Å². The number of fused-ring (bicyclic) bond motifs is 1. The molecule has 0 radical (unpaired) electrons. The van der Waals surface area contributed by atoms with Crippen LogP contribution in [0.1, 0.15) is 13.8 Å². The third-order valence-electron chi connectivity index (χ3n) is 2.43. The van der Waals surface area contributed by atoms with Crippen molar-refractivity contribution in [3.05, 3.63) is 0 Å². The second-order valence-corrected chi connectivity index (χ2v) is 3.91. The monoisotopic (exact) mass is 202 g/mol. The standard InChI is InChI=1S/C9H14O5/c1-9(2)13-7-6(11-3)5(4-10)12-8(7)14-9/h4-8H,1-3H3/t5-,6+,7?,8?/m1/s1. The molecule has 2 fully saturated rings. The first-order valence-corrected chi connectivity index (χ1v) is 4.56. The van der Waals surface area contributed by atoms with Crippen LogP contribution in [0, 0.1) is 0 Å². The van der Waals surface area contributed by atoms with Crippen LogP contribution >= 0.6 is 0 Å². The molecule has 5 nitrogen and oxygen atoms in total. The summed E-state index contributed by atoms with van der Waals surface area (Å²) in [5.74, 6) is -0.667. The number of methoxy groups -OCH3 is 1. The Morgan fingerprint density at radius 3 is 2.64 bits per heavy atom. The van der Waals surface area contributed by atoms with Crippen molar-refractivity contribution in [2.75, 3.05) is 7.11 Å². The lowest BCUT2D eigenvalue weighted by atomic mass is 10.1. The van der Waals surface area contributed by atoms with Gasteiger partial charge in [-0.05, 0) is 13.8 Å². The van der Waals surface area contributed by atoms with Gasteiger partial charge in [-0.2, -0.15) is 0 Å². The van der Waals surface area contributed by atoms with E-state index in [0.29, 0.717) is 6.29 Å². The van der Waals surface area contributed by atoms with Crippen LogP contribution in [0.2, 0.25) is 0 Å². The Labute approximate surface area is 82.3 Å². The molecule has 2 unspecified atom stereocenters. The smallest absolute Gasteiger partial charge is 0.190 e. The highest BCUT2D eigenvalue weighted by Crippen LogP contribution is 2.37. The first-order valence-electron chi connectivity index (χ1n) is 4.56. The number of aldehydes is 1. The van der Waals surface area contributed by atoms with E-state index >= 15 is 0 Å². The van der Waals surface area contributed by atoms with Crippen LogP contribution in [0.25, 0.3) is 0 Å². The van der Waals surface area contributed by atoms with Crippen LogP contribution in [0.3, 0.4) is 0 Å². The maximum Gasteiger partial charge on any atom is 0.190 e. The van der Waals surface area contributed by atoms with E-state index in [1.807, 2.05) is 0 Å². The molecule has 0 amide bonds. The molecule has 80 valence electrons. The van der Waals surface area contributed by atoms with E-state index in [-0.39, 0.29) is 12.2 Å². The molecule has 2 rings (SSSR count). The van der Waals surface area contributed by atoms with Gasteiger partial charge in [-0.25, -0.2) is 0 Å². The van der Waals surface area contributed by atoms with E-state index in [1.165, 1.54) is 7.11 Å². The van der Waals surface area contributed by atoms with Crippen molar-refractivity contribution in [3.63, 3.8) is 0 Å². The van der Waals surface area contributed by atoms with E-state index in [4.69, 9.17) is 18.9 Å². The van der Waals surface area contributed by atoms with E-state index in [2.05, 4.69) is 0 Å². The second kappa shape index (κ2) is 3.27. The molecule has 14 heavy (non-hydrogen) atoms. The number of hydrogen-bond donors (Lipinski definition) is 0. The molecule has 0 N–H and O–H groups in total. The van der Waals surface area contributed by atoms with E-state index < -0.39 is 18.2 Å². The fraction of sp³-hybridized carbons (Fsp3) is 0.889. The predicted molar refractivity (Wildman–Crippen MR) is 45.6 cm³/mol. The molecule has 5 heteroatoms. The highest BCUT2D eigenvalue weighted by Gasteiger charge is 2.55. The minimum atomic E-state index is -0.667. The van der Waals surface area contributed by atoms with Gasteiger partial charge in [0.25, 0.3) is 0 Å². The topological polar surface area (TPSA) is 54.0 Å². The molecule has 0 aliphatic carbocycles. The van der Waals surface area contributed by atoms with Gasteiger partial charge in [-0.1, -0.05) is 0 Å². The Bertz CT molecular complexity index is 239. The van der Waals surface area contributed by atoms with Crippen LogP contribution in [0.5, 0.6) is 0 Å². The molecule has 0 spiro atoms. The molecular formula is C9H14O5. The van der Waals surface area contributed by atoms with Crippen molar-refractivity contribution in [1.82, 2.24) is 0 Å². The Morgan fingerprint density at radius 2 is 2.07 bits per heavy atom. The van der Waals surface area contributed by atoms with Crippen LogP contribution in [-0.4, -0.2) is 43.8 Å². The highest BCUT2D eigenvalue weighted by molar-refractivity contribution is 5.58. The Kier molecular flexibility index (Phi) is 2.35. The lowest BCUT2D eigenvalue weighted by Gasteiger charge is -2.22. The molecule has 0 aromatic heterocycles. The van der Waals surface area contributed by atoms with Gasteiger partial charge in [0.1, 0.15) is 18.3 Å². The third kappa shape index (κ3) is 1.46. The van der Waals surface area contributed by atoms with Gasteiger partial charge in [0.15, 0.2) is 18.4 Å². The lowest BCUT2D eigenvalue weighted by molar-refractivity contribution is -0.213. The average Bonchev–Trinajstić information content (AvgIpc) is 2.55. The summed E-state index contributed by atoms with van der Waals surface area (Å²) in [7, 11) is 1.53. The summed E-state index contributed by atoms with van der Waals surface area (Å²) in [5.41, 5.74) is 0. The normalized spacial score (nSPS) is 45.1. The number of ether oxygens (including phenoxy) is 4. The fourth-order valence-corrected chi connectivity index (χ4v) is 1.88. The largest absolute Gasteiger partial charge is 0.375 e. The second-order valence-electron chi connectivity index (χ2n) is 3.91. The molecule has 0 bridgehead atoms. The summed E-state index contributed by atoms with van der Waals surface area (Å²) < 4.78 is 21.5. The number of hydrogen-bond acceptors (Lipinski definition) is 5. The Hall–Kier alpha value is -0.490. The summed E-state index contributed by atoms with van der Waals surface area (Å²) in [4.78, 5) is 10.7. The molecule has 2 saturated heterocycles. The minimum Gasteiger partial charge on any atom is -0.375 e. The van der Waals surface area contributed by atoms with Crippen molar-refractivity contribution < 1.29 is 23.7 Å². The summed E-state index contributed by atoms with van der Waals surface area (Å²) in [6.07, 6.45) is -1.06. The van der Waals surface area contributed by atoms with Crippen LogP contribution < -0.4 is 0 Å². The molecule has 0 aromatic rings.